The molecule has 4 aromatic rings. The lowest BCUT2D eigenvalue weighted by atomic mass is 10.1. The predicted molar refractivity (Wildman–Crippen MR) is 127 cm³/mol. The SMILES string of the molecule is CCOc1cc(CNCc2nc3ccccc3[nH]2)c(Br)cc1OCc1ccccc1C. The van der Waals surface area contributed by atoms with Crippen molar-refractivity contribution in [3.8, 4) is 11.5 Å². The lowest BCUT2D eigenvalue weighted by Crippen LogP contribution is -2.14. The third-order valence-corrected chi connectivity index (χ3v) is 5.84. The topological polar surface area (TPSA) is 59.2 Å². The fraction of sp³-hybridized carbons (Fsp3) is 0.240. The van der Waals surface area contributed by atoms with Crippen molar-refractivity contribution in [3.05, 3.63) is 87.7 Å². The van der Waals surface area contributed by atoms with Crippen LogP contribution in [0.2, 0.25) is 0 Å². The Labute approximate surface area is 190 Å². The lowest BCUT2D eigenvalue weighted by molar-refractivity contribution is 0.268. The van der Waals surface area contributed by atoms with Crippen molar-refractivity contribution in [1.82, 2.24) is 15.3 Å². The molecule has 0 saturated heterocycles. The average molecular weight is 480 g/mol. The number of nitrogens with one attached hydrogen (secondary N) is 2. The van der Waals surface area contributed by atoms with E-state index in [-0.39, 0.29) is 0 Å². The summed E-state index contributed by atoms with van der Waals surface area (Å²) in [6, 6.07) is 20.3. The van der Waals surface area contributed by atoms with E-state index in [9.17, 15) is 0 Å². The Kier molecular flexibility index (Phi) is 6.89. The maximum atomic E-state index is 6.11. The van der Waals surface area contributed by atoms with Gasteiger partial charge in [0.2, 0.25) is 0 Å². The van der Waals surface area contributed by atoms with Gasteiger partial charge >= 0.3 is 0 Å². The van der Waals surface area contributed by atoms with Gasteiger partial charge in [0.15, 0.2) is 11.5 Å². The summed E-state index contributed by atoms with van der Waals surface area (Å²) in [6.07, 6.45) is 0. The molecule has 0 fully saturated rings. The van der Waals surface area contributed by atoms with E-state index in [1.54, 1.807) is 0 Å². The van der Waals surface area contributed by atoms with Crippen molar-refractivity contribution in [3.63, 3.8) is 0 Å². The number of hydrogen-bond donors (Lipinski definition) is 2. The maximum absolute atomic E-state index is 6.11. The van der Waals surface area contributed by atoms with Gasteiger partial charge in [-0.3, -0.25) is 0 Å². The largest absolute Gasteiger partial charge is 0.490 e. The van der Waals surface area contributed by atoms with Crippen LogP contribution in [-0.4, -0.2) is 16.6 Å². The predicted octanol–water partition coefficient (Wildman–Crippen LogP) is 5.90. The van der Waals surface area contributed by atoms with E-state index in [1.165, 1.54) is 5.56 Å². The van der Waals surface area contributed by atoms with E-state index in [4.69, 9.17) is 9.47 Å². The number of imidazole rings is 1. The Morgan fingerprint density at radius 2 is 1.71 bits per heavy atom. The molecule has 0 atom stereocenters. The number of aromatic amines is 1. The summed E-state index contributed by atoms with van der Waals surface area (Å²) in [7, 11) is 0. The maximum Gasteiger partial charge on any atom is 0.162 e. The monoisotopic (exact) mass is 479 g/mol. The van der Waals surface area contributed by atoms with Crippen LogP contribution < -0.4 is 14.8 Å². The number of H-pyrrole nitrogens is 1. The second-order valence-corrected chi connectivity index (χ2v) is 8.20. The minimum absolute atomic E-state index is 0.503. The quantitative estimate of drug-likeness (QED) is 0.313. The molecule has 0 aliphatic rings. The number of rotatable bonds is 9. The molecule has 0 radical (unpaired) electrons. The zero-order valence-electron chi connectivity index (χ0n) is 17.7. The first kappa shape index (κ1) is 21.4. The van der Waals surface area contributed by atoms with Crippen LogP contribution in [0.4, 0.5) is 0 Å². The summed E-state index contributed by atoms with van der Waals surface area (Å²) < 4.78 is 13.0. The molecule has 3 aromatic carbocycles. The molecule has 0 saturated carbocycles. The van der Waals surface area contributed by atoms with Crippen LogP contribution in [0.5, 0.6) is 11.5 Å². The van der Waals surface area contributed by atoms with E-state index < -0.39 is 0 Å². The van der Waals surface area contributed by atoms with Crippen LogP contribution in [-0.2, 0) is 19.7 Å². The summed E-state index contributed by atoms with van der Waals surface area (Å²) in [6.45, 7) is 6.48. The van der Waals surface area contributed by atoms with E-state index in [0.717, 1.165) is 44.0 Å². The third kappa shape index (κ3) is 5.27. The zero-order chi connectivity index (χ0) is 21.6. The van der Waals surface area contributed by atoms with Crippen LogP contribution in [0.15, 0.2) is 65.1 Å². The highest BCUT2D eigenvalue weighted by Gasteiger charge is 2.12. The van der Waals surface area contributed by atoms with Crippen LogP contribution in [0.3, 0.4) is 0 Å². The molecule has 0 unspecified atom stereocenters. The summed E-state index contributed by atoms with van der Waals surface area (Å²) in [4.78, 5) is 7.96. The number of nitrogens with zero attached hydrogens (tertiary/aromatic N) is 1. The number of aromatic nitrogens is 2. The van der Waals surface area contributed by atoms with Gasteiger partial charge in [0.05, 0.1) is 24.2 Å². The Hall–Kier alpha value is -2.83. The van der Waals surface area contributed by atoms with Crippen molar-refractivity contribution in [1.29, 1.82) is 0 Å². The minimum Gasteiger partial charge on any atom is -0.490 e. The molecule has 31 heavy (non-hydrogen) atoms. The van der Waals surface area contributed by atoms with Crippen molar-refractivity contribution in [2.75, 3.05) is 6.61 Å². The molecule has 2 N–H and O–H groups in total. The normalized spacial score (nSPS) is 11.1. The van der Waals surface area contributed by atoms with Crippen molar-refractivity contribution in [2.24, 2.45) is 0 Å². The number of hydrogen-bond acceptors (Lipinski definition) is 4. The Morgan fingerprint density at radius 3 is 2.52 bits per heavy atom. The number of fused-ring (bicyclic) bond motifs is 1. The van der Waals surface area contributed by atoms with Crippen LogP contribution >= 0.6 is 15.9 Å². The summed E-state index contributed by atoms with van der Waals surface area (Å²) in [5.74, 6) is 2.40. The number of ether oxygens (including phenoxy) is 2. The van der Waals surface area contributed by atoms with Crippen molar-refractivity contribution < 1.29 is 9.47 Å². The molecular formula is C25H26BrN3O2. The van der Waals surface area contributed by atoms with Gasteiger partial charge in [-0.2, -0.15) is 0 Å². The first-order valence-electron chi connectivity index (χ1n) is 10.4. The van der Waals surface area contributed by atoms with Gasteiger partial charge < -0.3 is 19.8 Å². The molecular weight excluding hydrogens is 454 g/mol. The fourth-order valence-electron chi connectivity index (χ4n) is 3.43. The first-order chi connectivity index (χ1) is 15.1. The molecule has 0 aliphatic carbocycles. The molecule has 0 bridgehead atoms. The van der Waals surface area contributed by atoms with Crippen LogP contribution in [0, 0.1) is 6.92 Å². The smallest absolute Gasteiger partial charge is 0.162 e. The standard InChI is InChI=1S/C25H26BrN3O2/c1-3-30-23-12-19(14-27-15-25-28-21-10-6-7-11-22(21)29-25)20(26)13-24(23)31-16-18-9-5-4-8-17(18)2/h4-13,27H,3,14-16H2,1-2H3,(H,28,29). The number of benzene rings is 3. The van der Waals surface area contributed by atoms with Gasteiger partial charge in [0.1, 0.15) is 12.4 Å². The van der Waals surface area contributed by atoms with Gasteiger partial charge in [0.25, 0.3) is 0 Å². The molecule has 0 aliphatic heterocycles. The molecule has 1 heterocycles. The number of aryl methyl sites for hydroxylation is 1. The van der Waals surface area contributed by atoms with Crippen LogP contribution in [0.1, 0.15) is 29.4 Å². The Morgan fingerprint density at radius 1 is 0.935 bits per heavy atom. The summed E-state index contributed by atoms with van der Waals surface area (Å²) in [5, 5.41) is 3.45. The zero-order valence-corrected chi connectivity index (χ0v) is 19.3. The van der Waals surface area contributed by atoms with Gasteiger partial charge in [-0.1, -0.05) is 52.3 Å². The Bertz CT molecular complexity index is 1140. The van der Waals surface area contributed by atoms with Gasteiger partial charge in [-0.05, 0) is 54.8 Å². The molecule has 0 spiro atoms. The minimum atomic E-state index is 0.503. The second kappa shape index (κ2) is 9.98. The van der Waals surface area contributed by atoms with Gasteiger partial charge in [-0.15, -0.1) is 0 Å². The molecule has 1 aromatic heterocycles. The number of halogens is 1. The third-order valence-electron chi connectivity index (χ3n) is 5.10. The van der Waals surface area contributed by atoms with Crippen LogP contribution in [0.25, 0.3) is 11.0 Å². The molecule has 4 rings (SSSR count). The summed E-state index contributed by atoms with van der Waals surface area (Å²) >= 11 is 3.69. The lowest BCUT2D eigenvalue weighted by Gasteiger charge is -2.16. The van der Waals surface area contributed by atoms with Gasteiger partial charge in [0, 0.05) is 11.0 Å². The number of para-hydroxylation sites is 2. The molecule has 6 heteroatoms. The highest BCUT2D eigenvalue weighted by Crippen LogP contribution is 2.34. The average Bonchev–Trinajstić information content (AvgIpc) is 3.18. The van der Waals surface area contributed by atoms with Crippen molar-refractivity contribution >= 4 is 27.0 Å². The van der Waals surface area contributed by atoms with E-state index in [1.807, 2.05) is 55.5 Å². The molecule has 5 nitrogen and oxygen atoms in total. The molecule has 160 valence electrons. The highest BCUT2D eigenvalue weighted by atomic mass is 79.9. The molecule has 0 amide bonds. The van der Waals surface area contributed by atoms with E-state index in [0.29, 0.717) is 26.3 Å². The fourth-order valence-corrected chi connectivity index (χ4v) is 3.89. The second-order valence-electron chi connectivity index (χ2n) is 7.34. The van der Waals surface area contributed by atoms with Crippen molar-refractivity contribution in [2.45, 2.75) is 33.5 Å². The highest BCUT2D eigenvalue weighted by molar-refractivity contribution is 9.10. The Balaban J connectivity index is 1.43. The summed E-state index contributed by atoms with van der Waals surface area (Å²) in [5.41, 5.74) is 5.51. The van der Waals surface area contributed by atoms with E-state index >= 15 is 0 Å². The van der Waals surface area contributed by atoms with E-state index in [2.05, 4.69) is 50.3 Å². The first-order valence-corrected chi connectivity index (χ1v) is 11.2. The van der Waals surface area contributed by atoms with Gasteiger partial charge in [-0.25, -0.2) is 4.98 Å².